The molecule has 3 nitrogen and oxygen atoms in total. The van der Waals surface area contributed by atoms with Crippen LogP contribution in [0.3, 0.4) is 0 Å². The lowest BCUT2D eigenvalue weighted by molar-refractivity contribution is 0.753. The second kappa shape index (κ2) is 14.6. The highest BCUT2D eigenvalue weighted by Crippen LogP contribution is 2.63. The number of benzene rings is 9. The Hall–Kier alpha value is -8.01. The molecule has 1 unspecified atom stereocenters. The first-order valence-electron chi connectivity index (χ1n) is 21.4. The van der Waals surface area contributed by atoms with Crippen molar-refractivity contribution in [3.63, 3.8) is 0 Å². The number of anilines is 3. The predicted molar refractivity (Wildman–Crippen MR) is 256 cm³/mol. The number of rotatable bonds is 6. The molecule has 3 aliphatic rings. The number of aliphatic imine (C=N–C) groups is 1. The number of hydrogen-bond donors (Lipinski definition) is 1. The highest BCUT2D eigenvalue weighted by atomic mass is 15.2. The third-order valence-electron chi connectivity index (χ3n) is 12.9. The average Bonchev–Trinajstić information content (AvgIpc) is 3.65. The fourth-order valence-corrected chi connectivity index (χ4v) is 10.2. The number of hydrogen-bond acceptors (Lipinski definition) is 3. The van der Waals surface area contributed by atoms with Crippen molar-refractivity contribution in [2.45, 2.75) is 11.5 Å². The lowest BCUT2D eigenvalue weighted by atomic mass is 9.64. The van der Waals surface area contributed by atoms with Crippen LogP contribution < -0.4 is 10.2 Å². The smallest absolute Gasteiger partial charge is 0.134 e. The van der Waals surface area contributed by atoms with Crippen molar-refractivity contribution in [2.24, 2.45) is 4.99 Å². The maximum absolute atomic E-state index is 5.36. The molecule has 2 heterocycles. The van der Waals surface area contributed by atoms with Gasteiger partial charge in [0.05, 0.1) is 28.5 Å². The van der Waals surface area contributed by atoms with Gasteiger partial charge in [-0.1, -0.05) is 188 Å². The third-order valence-corrected chi connectivity index (χ3v) is 12.9. The summed E-state index contributed by atoms with van der Waals surface area (Å²) >= 11 is 0. The molecule has 1 aliphatic carbocycles. The van der Waals surface area contributed by atoms with Crippen molar-refractivity contribution in [3.8, 4) is 33.4 Å². The average molecular weight is 792 g/mol. The summed E-state index contributed by atoms with van der Waals surface area (Å²) in [5, 5.41) is 3.78. The van der Waals surface area contributed by atoms with Gasteiger partial charge in [0.2, 0.25) is 0 Å². The molecule has 1 N–H and O–H groups in total. The van der Waals surface area contributed by atoms with E-state index in [9.17, 15) is 0 Å². The van der Waals surface area contributed by atoms with Crippen molar-refractivity contribution < 1.29 is 0 Å². The fourth-order valence-electron chi connectivity index (χ4n) is 10.2. The minimum Gasteiger partial charge on any atom is -0.359 e. The molecule has 9 aromatic rings. The lowest BCUT2D eigenvalue weighted by Crippen LogP contribution is -2.36. The van der Waals surface area contributed by atoms with Gasteiger partial charge in [0.1, 0.15) is 5.84 Å². The van der Waals surface area contributed by atoms with E-state index in [2.05, 4.69) is 247 Å². The Balaban J connectivity index is 1.01. The Labute approximate surface area is 362 Å². The molecule has 0 aromatic heterocycles. The van der Waals surface area contributed by atoms with E-state index in [4.69, 9.17) is 4.99 Å². The van der Waals surface area contributed by atoms with Gasteiger partial charge >= 0.3 is 0 Å². The summed E-state index contributed by atoms with van der Waals surface area (Å²) in [6.45, 7) is 0. The Kier molecular flexibility index (Phi) is 8.46. The lowest BCUT2D eigenvalue weighted by Gasteiger charge is -2.45. The Bertz CT molecular complexity index is 3170. The minimum absolute atomic E-state index is 0.0528. The molecule has 3 heteroatoms. The first kappa shape index (κ1) is 35.9. The maximum atomic E-state index is 5.36. The van der Waals surface area contributed by atoms with E-state index in [0.717, 1.165) is 39.5 Å². The van der Waals surface area contributed by atoms with Crippen LogP contribution in [0.2, 0.25) is 0 Å². The number of fused-ring (bicyclic) bond motifs is 9. The molecule has 0 saturated heterocycles. The van der Waals surface area contributed by atoms with Gasteiger partial charge in [-0.15, -0.1) is 0 Å². The molecule has 2 aliphatic heterocycles. The van der Waals surface area contributed by atoms with Crippen molar-refractivity contribution >= 4 is 28.6 Å². The second-order valence-corrected chi connectivity index (χ2v) is 16.3. The zero-order chi connectivity index (χ0) is 41.0. The maximum Gasteiger partial charge on any atom is 0.134 e. The number of nitrogens with one attached hydrogen (secondary N) is 1. The van der Waals surface area contributed by atoms with Gasteiger partial charge in [-0.3, -0.25) is 0 Å². The fraction of sp³-hybridized carbons (Fsp3) is 0.0339. The van der Waals surface area contributed by atoms with Crippen LogP contribution in [-0.2, 0) is 5.41 Å². The van der Waals surface area contributed by atoms with E-state index in [1.807, 2.05) is 0 Å². The molecular weight excluding hydrogens is 751 g/mol. The molecule has 0 bridgehead atoms. The molecule has 1 spiro atoms. The van der Waals surface area contributed by atoms with Crippen molar-refractivity contribution in [1.82, 2.24) is 5.32 Å². The number of amidine groups is 1. The van der Waals surface area contributed by atoms with Crippen molar-refractivity contribution in [1.29, 1.82) is 0 Å². The molecule has 9 aromatic carbocycles. The normalized spacial score (nSPS) is 15.4. The standard InChI is InChI=1S/C59H41N3/c1-4-18-40(19-5-1)42-22-17-25-46(37-42)58-60-54(41-20-6-2-7-21-41)39-55(61-58)45-24-16-23-43(36-45)44-34-35-49-48-28-10-11-29-50(48)59(53(49)38-44)51-30-12-14-32-56(51)62(47-26-8-3-9-27-47)57-33-15-13-31-52(57)59/h1-39,54H,(H,60,61). The molecule has 292 valence electrons. The largest absolute Gasteiger partial charge is 0.359 e. The topological polar surface area (TPSA) is 27.6 Å². The van der Waals surface area contributed by atoms with Gasteiger partial charge in [0, 0.05) is 16.8 Å². The van der Waals surface area contributed by atoms with Crippen molar-refractivity contribution in [3.05, 3.63) is 276 Å². The van der Waals surface area contributed by atoms with Crippen LogP contribution in [-0.4, -0.2) is 5.84 Å². The van der Waals surface area contributed by atoms with Gasteiger partial charge in [-0.2, -0.15) is 0 Å². The summed E-state index contributed by atoms with van der Waals surface area (Å²) in [5.41, 5.74) is 19.7. The van der Waals surface area contributed by atoms with Crippen LogP contribution in [0.4, 0.5) is 17.1 Å². The molecular formula is C59H41N3. The van der Waals surface area contributed by atoms with E-state index in [0.29, 0.717) is 0 Å². The third kappa shape index (κ3) is 5.70. The highest BCUT2D eigenvalue weighted by molar-refractivity contribution is 6.04. The first-order chi connectivity index (χ1) is 30.7. The van der Waals surface area contributed by atoms with Crippen LogP contribution in [0, 0.1) is 0 Å². The molecule has 0 radical (unpaired) electrons. The van der Waals surface area contributed by atoms with Gasteiger partial charge in [0.25, 0.3) is 0 Å². The van der Waals surface area contributed by atoms with Crippen molar-refractivity contribution in [2.75, 3.05) is 4.90 Å². The van der Waals surface area contributed by atoms with E-state index in [-0.39, 0.29) is 6.04 Å². The quantitative estimate of drug-likeness (QED) is 0.182. The predicted octanol–water partition coefficient (Wildman–Crippen LogP) is 14.3. The Morgan fingerprint density at radius 3 is 1.63 bits per heavy atom. The SMILES string of the molecule is C1=C(c2cccc(-c3ccc4c(c3)C3(c5ccccc5-4)c4ccccc4N(c4ccccc4)c4ccccc43)c2)N=C(c2cccc(-c3ccccc3)c2)NC1c1ccccc1. The van der Waals surface area contributed by atoms with Gasteiger partial charge < -0.3 is 10.2 Å². The molecule has 0 amide bonds. The van der Waals surface area contributed by atoms with E-state index < -0.39 is 5.41 Å². The highest BCUT2D eigenvalue weighted by Gasteiger charge is 2.51. The second-order valence-electron chi connectivity index (χ2n) is 16.3. The first-order valence-corrected chi connectivity index (χ1v) is 21.4. The summed E-state index contributed by atoms with van der Waals surface area (Å²) in [6, 6.07) is 83.7. The Morgan fingerprint density at radius 1 is 0.387 bits per heavy atom. The molecule has 1 atom stereocenters. The molecule has 62 heavy (non-hydrogen) atoms. The molecule has 0 fully saturated rings. The molecule has 12 rings (SSSR count). The zero-order valence-corrected chi connectivity index (χ0v) is 34.0. The molecule has 0 saturated carbocycles. The summed E-state index contributed by atoms with van der Waals surface area (Å²) in [5.74, 6) is 0.857. The van der Waals surface area contributed by atoms with Crippen LogP contribution in [0.1, 0.15) is 45.0 Å². The summed E-state index contributed by atoms with van der Waals surface area (Å²) < 4.78 is 0. The minimum atomic E-state index is -0.522. The van der Waals surface area contributed by atoms with E-state index >= 15 is 0 Å². The van der Waals surface area contributed by atoms with Crippen LogP contribution >= 0.6 is 0 Å². The number of para-hydroxylation sites is 3. The summed E-state index contributed by atoms with van der Waals surface area (Å²) in [6.07, 6.45) is 2.27. The zero-order valence-electron chi connectivity index (χ0n) is 34.0. The Morgan fingerprint density at radius 2 is 0.903 bits per heavy atom. The van der Waals surface area contributed by atoms with E-state index in [1.165, 1.54) is 61.4 Å². The van der Waals surface area contributed by atoms with Crippen LogP contribution in [0.15, 0.2) is 242 Å². The van der Waals surface area contributed by atoms with Gasteiger partial charge in [0.15, 0.2) is 0 Å². The summed E-state index contributed by atoms with van der Waals surface area (Å²) in [4.78, 5) is 7.80. The van der Waals surface area contributed by atoms with Gasteiger partial charge in [-0.25, -0.2) is 4.99 Å². The monoisotopic (exact) mass is 791 g/mol. The number of nitrogens with zero attached hydrogens (tertiary/aromatic N) is 2. The van der Waals surface area contributed by atoms with E-state index in [1.54, 1.807) is 0 Å². The van der Waals surface area contributed by atoms with Crippen LogP contribution in [0.25, 0.3) is 39.1 Å². The van der Waals surface area contributed by atoms with Crippen LogP contribution in [0.5, 0.6) is 0 Å². The van der Waals surface area contributed by atoms with Gasteiger partial charge in [-0.05, 0) is 110 Å². The summed E-state index contributed by atoms with van der Waals surface area (Å²) in [7, 11) is 0.